The number of aromatic nitrogens is 4. The van der Waals surface area contributed by atoms with Crippen molar-refractivity contribution in [2.24, 2.45) is 22.9 Å². The third-order valence-electron chi connectivity index (χ3n) is 18.8. The van der Waals surface area contributed by atoms with Gasteiger partial charge >= 0.3 is 18.0 Å². The van der Waals surface area contributed by atoms with E-state index in [4.69, 9.17) is 28.3 Å². The second-order valence-corrected chi connectivity index (χ2v) is 27.7. The summed E-state index contributed by atoms with van der Waals surface area (Å²) in [5, 5.41) is 88.9. The van der Waals surface area contributed by atoms with E-state index in [0.717, 1.165) is 11.8 Å². The van der Waals surface area contributed by atoms with Crippen LogP contribution in [0, 0.1) is 12.3 Å². The number of aromatic amines is 1. The number of carboxylic acids is 2. The summed E-state index contributed by atoms with van der Waals surface area (Å²) in [6, 6.07) is -12.5. The molecule has 2 aliphatic heterocycles. The fourth-order valence-electron chi connectivity index (χ4n) is 12.8. The van der Waals surface area contributed by atoms with Crippen LogP contribution >= 0.6 is 25.3 Å². The monoisotopic (exact) mass is 1640 g/mol. The zero-order valence-electron chi connectivity index (χ0n) is 62.8. The number of carboxylic acid groups (broad SMARTS) is 2. The molecule has 114 heavy (non-hydrogen) atoms. The minimum absolute atomic E-state index is 0.0199. The summed E-state index contributed by atoms with van der Waals surface area (Å²) in [4.78, 5) is 228. The van der Waals surface area contributed by atoms with Gasteiger partial charge in [0, 0.05) is 80.6 Å². The van der Waals surface area contributed by atoms with Gasteiger partial charge in [-0.25, -0.2) is 9.59 Å². The van der Waals surface area contributed by atoms with Gasteiger partial charge in [-0.3, -0.25) is 77.2 Å². The minimum Gasteiger partial charge on any atom is -0.508 e. The van der Waals surface area contributed by atoms with E-state index < -0.39 is 228 Å². The molecule has 2 aromatic heterocycles. The Kier molecular flexibility index (Phi) is 35.6. The number of hydrogen-bond acceptors (Lipinski definition) is 24. The van der Waals surface area contributed by atoms with E-state index in [9.17, 15) is 82.8 Å². The van der Waals surface area contributed by atoms with Crippen molar-refractivity contribution in [2.45, 2.75) is 188 Å². The number of aromatic hydroxyl groups is 1. The maximum atomic E-state index is 15.7. The predicted octanol–water partition coefficient (Wildman–Crippen LogP) is -6.99. The van der Waals surface area contributed by atoms with Crippen molar-refractivity contribution in [3.05, 3.63) is 77.9 Å². The Balaban J connectivity index is 1.50. The number of H-pyrrole nitrogens is 1. The van der Waals surface area contributed by atoms with Crippen LogP contribution in [0.2, 0.25) is 0 Å². The molecule has 4 heterocycles. The lowest BCUT2D eigenvalue weighted by molar-refractivity contribution is -0.159. The van der Waals surface area contributed by atoms with Crippen molar-refractivity contribution >= 4 is 138 Å². The number of aliphatic hydroxyl groups is 1. The van der Waals surface area contributed by atoms with Crippen LogP contribution in [0.25, 0.3) is 12.2 Å². The molecule has 45 heteroatoms. The first-order chi connectivity index (χ1) is 53.9. The van der Waals surface area contributed by atoms with Crippen LogP contribution in [-0.2, 0) is 91.3 Å². The molecule has 3 aromatic rings. The number of primary amides is 2. The van der Waals surface area contributed by atoms with E-state index in [0.29, 0.717) is 28.1 Å². The molecule has 5 rings (SSSR count). The van der Waals surface area contributed by atoms with E-state index in [2.05, 4.69) is 123 Å². The van der Waals surface area contributed by atoms with Gasteiger partial charge in [-0.1, -0.05) is 43.5 Å². The molecule has 624 valence electrons. The maximum absolute atomic E-state index is 15.7. The van der Waals surface area contributed by atoms with Crippen molar-refractivity contribution < 1.29 is 97.1 Å². The molecule has 2 fully saturated rings. The van der Waals surface area contributed by atoms with Gasteiger partial charge in [-0.05, 0) is 101 Å². The summed E-state index contributed by atoms with van der Waals surface area (Å²) < 4.78 is 1.34. The van der Waals surface area contributed by atoms with Crippen molar-refractivity contribution in [3.63, 3.8) is 0 Å². The normalized spacial score (nSPS) is 18.8. The molecule has 0 aliphatic carbocycles. The van der Waals surface area contributed by atoms with Crippen LogP contribution in [0.1, 0.15) is 113 Å². The zero-order chi connectivity index (χ0) is 84.9. The number of carbonyl (C=O) groups excluding carboxylic acids is 14. The number of likely N-dealkylation sites (tertiary alicyclic amines) is 1. The number of phenols is 1. The fraction of sp³-hybridized carbons (Fsp3) is 0.522. The Bertz CT molecular complexity index is 4050. The van der Waals surface area contributed by atoms with E-state index in [-0.39, 0.29) is 83.3 Å². The predicted molar refractivity (Wildman–Crippen MR) is 413 cm³/mol. The second-order valence-electron chi connectivity index (χ2n) is 27.0. The minimum atomic E-state index is -3.07. The first-order valence-corrected chi connectivity index (χ1v) is 37.4. The van der Waals surface area contributed by atoms with Gasteiger partial charge < -0.3 is 122 Å². The maximum Gasteiger partial charge on any atom is 0.326 e. The van der Waals surface area contributed by atoms with Crippen LogP contribution in [0.4, 0.5) is 4.79 Å². The first kappa shape index (κ1) is 92.7. The first-order valence-electron chi connectivity index (χ1n) is 36.1. The molecule has 2 aliphatic rings. The quantitative estimate of drug-likeness (QED) is 0.0108. The van der Waals surface area contributed by atoms with Gasteiger partial charge in [0.1, 0.15) is 66.2 Å². The highest BCUT2D eigenvalue weighted by Gasteiger charge is 2.67. The van der Waals surface area contributed by atoms with Crippen LogP contribution in [0.3, 0.4) is 0 Å². The number of urea groups is 1. The van der Waals surface area contributed by atoms with Crippen molar-refractivity contribution in [2.75, 3.05) is 37.7 Å². The average molecular weight is 1640 g/mol. The number of phenolic OH excluding ortho intramolecular Hbond substituents is 1. The molecule has 15 amide bonds. The molecule has 1 aromatic carbocycles. The van der Waals surface area contributed by atoms with Gasteiger partial charge in [0.25, 0.3) is 5.91 Å². The van der Waals surface area contributed by atoms with Crippen LogP contribution in [0.15, 0.2) is 49.8 Å². The largest absolute Gasteiger partial charge is 0.508 e. The number of rotatable bonds is 46. The Morgan fingerprint density at radius 2 is 1.27 bits per heavy atom. The Morgan fingerprint density at radius 3 is 1.79 bits per heavy atom. The van der Waals surface area contributed by atoms with E-state index in [1.165, 1.54) is 60.4 Å². The number of guanidine groups is 1. The van der Waals surface area contributed by atoms with E-state index in [1.54, 1.807) is 6.92 Å². The summed E-state index contributed by atoms with van der Waals surface area (Å²) in [5.74, 6) is -19.7. The third kappa shape index (κ3) is 25.8. The average Bonchev–Trinajstić information content (AvgIpc) is 1.46. The number of hydrogen-bond donors (Lipinski definition) is 25. The zero-order valence-corrected chi connectivity index (χ0v) is 64.6. The van der Waals surface area contributed by atoms with Gasteiger partial charge in [-0.2, -0.15) is 25.3 Å². The lowest BCUT2D eigenvalue weighted by Crippen LogP contribution is -2.80. The number of benzene rings is 1. The number of aliphatic hydroxyl groups excluding tert-OH is 1. The number of nitrogens with one attached hydrogen (secondary N) is 15. The molecule has 0 bridgehead atoms. The number of nitrogens with two attached hydrogens (primary N) is 4. The smallest absolute Gasteiger partial charge is 0.326 e. The molecular weight excluding hydrogens is 1540 g/mol. The molecule has 43 nitrogen and oxygen atoms in total. The number of thiol groups is 2. The fourth-order valence-corrected chi connectivity index (χ4v) is 13.3. The van der Waals surface area contributed by atoms with Crippen molar-refractivity contribution in [3.8, 4) is 5.75 Å². The molecule has 13 atom stereocenters. The number of amides is 15. The van der Waals surface area contributed by atoms with Gasteiger partial charge in [0.05, 0.1) is 24.8 Å². The molecule has 2 saturated heterocycles. The molecule has 0 saturated carbocycles. The van der Waals surface area contributed by atoms with Crippen LogP contribution in [-0.4, -0.2) is 261 Å². The molecular formula is C69H101N23O20S2. The number of aliphatic carboxylic acids is 2. The Morgan fingerprint density at radius 1 is 0.728 bits per heavy atom. The highest BCUT2D eigenvalue weighted by atomic mass is 32.1. The topological polar surface area (TPSA) is 688 Å². The summed E-state index contributed by atoms with van der Waals surface area (Å²) in [6.07, 6.45) is -1.23. The van der Waals surface area contributed by atoms with Crippen molar-refractivity contribution in [1.82, 2.24) is 94.0 Å². The second kappa shape index (κ2) is 43.8. The third-order valence-corrected chi connectivity index (χ3v) is 19.5. The van der Waals surface area contributed by atoms with E-state index in [1.807, 2.05) is 0 Å². The highest BCUT2D eigenvalue weighted by molar-refractivity contribution is 7.80. The SMILES string of the molecule is C=Cc1[nH]cc(C[C@H](NC(=O)[C@H](CCCNC(N)=O)NC(=O)C(CS)NC(=O)[C@H](CCCNC(=N)N)NC(=O)C2CCCN2C(=O)[C@]2(CC(=O)O)NC(=O)[C@H]([C@@H](C)O)NC(=O)C2(CC)NC(=O)C(CS)NC(=O)CN)C(=O)N[C@@H](CCC(N)=O)C(=O)N[C@@H](CCn2cc(C)nn2)C(=O)N[C@@H](Cc2ccc(O)cc2)C(=O)O)c1C=C. The van der Waals surface area contributed by atoms with Gasteiger partial charge in [-0.15, -0.1) is 5.10 Å². The standard InChI is InChI=1S/C69H101N23O20S2/c1-6-39-37(30-77-40(39)7-2)27-45(58(103)80-43(19-20-50(71)95)56(101)81-44(21-25-91-31-34(4)89-90-91)57(102)84-46(63(108)109)26-36-15-17-38(94)18-16-36)83-54(99)41(13-10-23-76-67(74)112)79-59(104)47(32-113)85-55(100)42(12-9-22-75-66(72)73)82-61(106)49-14-11-24-92(49)65(111)69(28-52(97)98)68(8-3,64(110)86-53(35(5)93)62(107)88-69)87-60(105)48(33-114)78-51(96)29-70/h6-7,15-18,30-31,35,41-49,53,77,93-94,113-114H,1-2,8-14,19-29,32-33,70H2,3-5H3,(H2,71,95)(H,78,96)(H,79,104)(H,80,103)(H,81,101)(H,82,106)(H,83,99)(H,84,102)(H,85,100)(H,86,110)(H,87,105)(H,88,107)(H,97,98)(H,108,109)(H4,72,73,75)(H3,74,76,112)/t35-,41+,42+,43+,44+,45+,46+,47?,48?,49?,53+,68?,69+/m1/s1. The summed E-state index contributed by atoms with van der Waals surface area (Å²) >= 11 is 8.48. The Labute approximate surface area is 664 Å². The van der Waals surface area contributed by atoms with Gasteiger partial charge in [0.15, 0.2) is 17.0 Å². The lowest BCUT2D eigenvalue weighted by atomic mass is 9.70. The molecule has 4 unspecified atom stereocenters. The number of nitrogens with zero attached hydrogens (tertiary/aromatic N) is 4. The Hall–Kier alpha value is -11.9. The molecule has 27 N–H and O–H groups in total. The van der Waals surface area contributed by atoms with Gasteiger partial charge in [0.2, 0.25) is 70.9 Å². The summed E-state index contributed by atoms with van der Waals surface area (Å²) in [6.45, 7) is 10.2. The highest BCUT2D eigenvalue weighted by Crippen LogP contribution is 2.37. The van der Waals surface area contributed by atoms with E-state index >= 15 is 14.4 Å². The summed E-state index contributed by atoms with van der Waals surface area (Å²) in [7, 11) is 0. The lowest BCUT2D eigenvalue weighted by Gasteiger charge is -2.48. The van der Waals surface area contributed by atoms with Crippen LogP contribution in [0.5, 0.6) is 5.75 Å². The van der Waals surface area contributed by atoms with Crippen LogP contribution < -0.4 is 92.1 Å². The van der Waals surface area contributed by atoms with Crippen molar-refractivity contribution in [1.29, 1.82) is 5.41 Å². The summed E-state index contributed by atoms with van der Waals surface area (Å²) in [5.41, 5.74) is 18.0. The molecule has 0 spiro atoms. The number of aryl methyl sites for hydroxylation is 2. The number of carbonyl (C=O) groups is 16. The molecule has 0 radical (unpaired) electrons.